The molecule has 3 heterocycles. The maximum Gasteiger partial charge on any atom is 0.165 e. The van der Waals surface area contributed by atoms with Crippen molar-refractivity contribution in [3.63, 3.8) is 0 Å². The third-order valence-electron chi connectivity index (χ3n) is 4.51. The Labute approximate surface area is 156 Å². The lowest BCUT2D eigenvalue weighted by atomic mass is 9.90. The van der Waals surface area contributed by atoms with Crippen LogP contribution in [0.4, 0.5) is 0 Å². The number of fused-ring (bicyclic) bond motifs is 4. The minimum absolute atomic E-state index is 0.145. The molecule has 0 spiro atoms. The Hall–Kier alpha value is -2.66. The quantitative estimate of drug-likeness (QED) is 0.535. The van der Waals surface area contributed by atoms with Crippen LogP contribution >= 0.6 is 11.6 Å². The normalized spacial score (nSPS) is 16.3. The molecule has 0 amide bonds. The van der Waals surface area contributed by atoms with Gasteiger partial charge in [-0.2, -0.15) is 0 Å². The van der Waals surface area contributed by atoms with Crippen molar-refractivity contribution in [2.24, 2.45) is 0 Å². The van der Waals surface area contributed by atoms with E-state index in [1.807, 2.05) is 48.9 Å². The van der Waals surface area contributed by atoms with Gasteiger partial charge in [-0.15, -0.1) is 0 Å². The van der Waals surface area contributed by atoms with E-state index in [2.05, 4.69) is 4.98 Å². The van der Waals surface area contributed by atoms with Gasteiger partial charge < -0.3 is 19.1 Å². The number of hydrogen-bond acceptors (Lipinski definition) is 4. The molecular formula is C20H19ClN2O3. The molecule has 0 saturated carbocycles. The summed E-state index contributed by atoms with van der Waals surface area (Å²) < 4.78 is 13.2. The number of nitrogens with zero attached hydrogens (tertiary/aromatic N) is 2. The van der Waals surface area contributed by atoms with Crippen LogP contribution in [0, 0.1) is 0 Å². The van der Waals surface area contributed by atoms with E-state index in [4.69, 9.17) is 21.1 Å². The number of imidazole rings is 1. The van der Waals surface area contributed by atoms with Crippen LogP contribution in [0.1, 0.15) is 36.7 Å². The van der Waals surface area contributed by atoms with E-state index in [0.29, 0.717) is 35.3 Å². The van der Waals surface area contributed by atoms with E-state index in [9.17, 15) is 5.11 Å². The maximum atomic E-state index is 10.6. The van der Waals surface area contributed by atoms with Crippen molar-refractivity contribution in [1.82, 2.24) is 9.55 Å². The van der Waals surface area contributed by atoms with Crippen molar-refractivity contribution in [1.29, 1.82) is 0 Å². The summed E-state index contributed by atoms with van der Waals surface area (Å²) in [6.07, 6.45) is 3.65. The second-order valence-electron chi connectivity index (χ2n) is 5.82. The fraction of sp³-hybridized carbons (Fsp3) is 0.250. The molecule has 1 aromatic heterocycles. The van der Waals surface area contributed by atoms with Gasteiger partial charge in [0.25, 0.3) is 0 Å². The van der Waals surface area contributed by atoms with Crippen molar-refractivity contribution in [3.05, 3.63) is 64.7 Å². The van der Waals surface area contributed by atoms with E-state index in [1.54, 1.807) is 12.3 Å². The predicted molar refractivity (Wildman–Crippen MR) is 100.0 cm³/mol. The number of phenolic OH excluding ortho intramolecular Hbond substituents is 1. The molecule has 2 aromatic carbocycles. The lowest BCUT2D eigenvalue weighted by Crippen LogP contribution is -2.16. The molecule has 0 aliphatic carbocycles. The Kier molecular flexibility index (Phi) is 4.24. The standard InChI is InChI=1S/C18H13ClN2O3.C2H6/c19-11-2-1-3-12-17(11)16(18-20-4-5-21(12)18)10-8-14-15(9-13(10)22)24-7-6-23-14;1-2/h1-5,8-9,16,22H,6-7H2;1-2H3. The zero-order chi connectivity index (χ0) is 18.3. The Morgan fingerprint density at radius 2 is 1.88 bits per heavy atom. The molecule has 0 radical (unpaired) electrons. The molecule has 0 fully saturated rings. The molecular weight excluding hydrogens is 352 g/mol. The highest BCUT2D eigenvalue weighted by molar-refractivity contribution is 6.31. The molecule has 1 atom stereocenters. The Morgan fingerprint density at radius 3 is 2.65 bits per heavy atom. The van der Waals surface area contributed by atoms with Crippen LogP contribution < -0.4 is 9.47 Å². The number of aromatic hydroxyl groups is 1. The summed E-state index contributed by atoms with van der Waals surface area (Å²) >= 11 is 6.48. The number of hydrogen-bond donors (Lipinski definition) is 1. The number of halogens is 1. The van der Waals surface area contributed by atoms with Crippen molar-refractivity contribution in [2.45, 2.75) is 19.8 Å². The Balaban J connectivity index is 0.000000814. The smallest absolute Gasteiger partial charge is 0.165 e. The average molecular weight is 371 g/mol. The monoisotopic (exact) mass is 370 g/mol. The number of rotatable bonds is 1. The molecule has 5 rings (SSSR count). The van der Waals surface area contributed by atoms with Crippen molar-refractivity contribution in [3.8, 4) is 22.9 Å². The van der Waals surface area contributed by atoms with Gasteiger partial charge in [0.2, 0.25) is 0 Å². The molecule has 134 valence electrons. The topological polar surface area (TPSA) is 56.5 Å². The first-order valence-corrected chi connectivity index (χ1v) is 9.06. The van der Waals surface area contributed by atoms with Crippen LogP contribution in [-0.2, 0) is 0 Å². The van der Waals surface area contributed by atoms with Crippen LogP contribution in [0.2, 0.25) is 5.02 Å². The fourth-order valence-electron chi connectivity index (χ4n) is 3.50. The molecule has 6 heteroatoms. The Morgan fingerprint density at radius 1 is 1.15 bits per heavy atom. The van der Waals surface area contributed by atoms with Gasteiger partial charge in [0.1, 0.15) is 24.8 Å². The zero-order valence-electron chi connectivity index (χ0n) is 14.6. The third-order valence-corrected chi connectivity index (χ3v) is 4.84. The van der Waals surface area contributed by atoms with Gasteiger partial charge in [-0.1, -0.05) is 31.5 Å². The summed E-state index contributed by atoms with van der Waals surface area (Å²) in [6.45, 7) is 4.97. The molecule has 1 unspecified atom stereocenters. The molecule has 0 saturated heterocycles. The van der Waals surface area contributed by atoms with Crippen LogP contribution in [-0.4, -0.2) is 27.9 Å². The lowest BCUT2D eigenvalue weighted by molar-refractivity contribution is 0.170. The molecule has 2 aliphatic heterocycles. The van der Waals surface area contributed by atoms with Gasteiger partial charge >= 0.3 is 0 Å². The highest BCUT2D eigenvalue weighted by Gasteiger charge is 2.35. The highest BCUT2D eigenvalue weighted by atomic mass is 35.5. The summed E-state index contributed by atoms with van der Waals surface area (Å²) in [4.78, 5) is 4.48. The van der Waals surface area contributed by atoms with Gasteiger partial charge in [0.05, 0.1) is 11.6 Å². The fourth-order valence-corrected chi connectivity index (χ4v) is 3.78. The van der Waals surface area contributed by atoms with Crippen LogP contribution in [0.3, 0.4) is 0 Å². The highest BCUT2D eigenvalue weighted by Crippen LogP contribution is 2.49. The lowest BCUT2D eigenvalue weighted by Gasteiger charge is -2.21. The second kappa shape index (κ2) is 6.57. The van der Waals surface area contributed by atoms with Gasteiger partial charge in [-0.3, -0.25) is 0 Å². The summed E-state index contributed by atoms with van der Waals surface area (Å²) in [5.41, 5.74) is 2.63. The SMILES string of the molecule is CC.Oc1cc2c(cc1C1c3c(Cl)cccc3-n3ccnc31)OCCO2. The molecule has 2 aliphatic rings. The summed E-state index contributed by atoms with van der Waals surface area (Å²) in [5.74, 6) is 1.91. The summed E-state index contributed by atoms with van der Waals surface area (Å²) in [7, 11) is 0. The van der Waals surface area contributed by atoms with Crippen molar-refractivity contribution >= 4 is 11.6 Å². The summed E-state index contributed by atoms with van der Waals surface area (Å²) in [6, 6.07) is 9.20. The average Bonchev–Trinajstić information content (AvgIpc) is 3.25. The molecule has 0 bridgehead atoms. The minimum atomic E-state index is -0.250. The van der Waals surface area contributed by atoms with Crippen molar-refractivity contribution < 1.29 is 14.6 Å². The molecule has 3 aromatic rings. The number of phenols is 1. The van der Waals surface area contributed by atoms with Crippen LogP contribution in [0.5, 0.6) is 17.2 Å². The first-order chi connectivity index (χ1) is 12.7. The number of aromatic nitrogens is 2. The molecule has 1 N–H and O–H groups in total. The summed E-state index contributed by atoms with van der Waals surface area (Å²) in [5, 5.41) is 11.2. The minimum Gasteiger partial charge on any atom is -0.507 e. The van der Waals surface area contributed by atoms with Gasteiger partial charge in [0.15, 0.2) is 11.5 Å². The number of ether oxygens (including phenoxy) is 2. The maximum absolute atomic E-state index is 10.6. The second-order valence-corrected chi connectivity index (χ2v) is 6.22. The zero-order valence-corrected chi connectivity index (χ0v) is 15.3. The van der Waals surface area contributed by atoms with E-state index in [0.717, 1.165) is 17.1 Å². The largest absolute Gasteiger partial charge is 0.507 e. The van der Waals surface area contributed by atoms with Crippen LogP contribution in [0.15, 0.2) is 42.7 Å². The Bertz CT molecular complexity index is 968. The van der Waals surface area contributed by atoms with E-state index in [-0.39, 0.29) is 11.7 Å². The van der Waals surface area contributed by atoms with Gasteiger partial charge in [-0.05, 0) is 18.2 Å². The number of benzene rings is 2. The molecule has 5 nitrogen and oxygen atoms in total. The predicted octanol–water partition coefficient (Wildman–Crippen LogP) is 4.52. The third kappa shape index (κ3) is 2.42. The van der Waals surface area contributed by atoms with Gasteiger partial charge in [-0.25, -0.2) is 4.98 Å². The first-order valence-electron chi connectivity index (χ1n) is 8.68. The van der Waals surface area contributed by atoms with E-state index >= 15 is 0 Å². The van der Waals surface area contributed by atoms with Gasteiger partial charge in [0, 0.05) is 34.6 Å². The molecule has 26 heavy (non-hydrogen) atoms. The van der Waals surface area contributed by atoms with Crippen molar-refractivity contribution in [2.75, 3.05) is 13.2 Å². The van der Waals surface area contributed by atoms with Crippen LogP contribution in [0.25, 0.3) is 5.69 Å². The van der Waals surface area contributed by atoms with E-state index in [1.165, 1.54) is 0 Å². The van der Waals surface area contributed by atoms with E-state index < -0.39 is 0 Å². The first kappa shape index (κ1) is 16.8.